The highest BCUT2D eigenvalue weighted by molar-refractivity contribution is 6.07. The number of benzene rings is 1. The first-order valence-electron chi connectivity index (χ1n) is 9.40. The molecule has 0 aliphatic heterocycles. The highest BCUT2D eigenvalue weighted by Crippen LogP contribution is 2.25. The van der Waals surface area contributed by atoms with Gasteiger partial charge in [-0.05, 0) is 45.4 Å². The van der Waals surface area contributed by atoms with Gasteiger partial charge in [-0.1, -0.05) is 0 Å². The molecule has 1 heterocycles. The number of rotatable bonds is 7. The number of nitrogens with zero attached hydrogens (tertiary/aromatic N) is 3. The number of hydrogen-bond donors (Lipinski definition) is 0. The quantitative estimate of drug-likeness (QED) is 0.297. The number of hydrogen-bond acceptors (Lipinski definition) is 6. The van der Waals surface area contributed by atoms with E-state index < -0.39 is 22.8 Å². The smallest absolute Gasteiger partial charge is 0.354 e. The van der Waals surface area contributed by atoms with Gasteiger partial charge in [-0.15, -0.1) is 0 Å². The first kappa shape index (κ1) is 22.8. The number of aromatic nitrogens is 1. The Morgan fingerprint density at radius 2 is 1.77 bits per heavy atom. The molecule has 1 aromatic heterocycles. The van der Waals surface area contributed by atoms with Crippen LogP contribution < -0.4 is 0 Å². The van der Waals surface area contributed by atoms with E-state index in [1.807, 2.05) is 0 Å². The molecule has 9 heteroatoms. The molecule has 1 aromatic carbocycles. The molecule has 9 nitrogen and oxygen atoms in total. The van der Waals surface area contributed by atoms with Crippen molar-refractivity contribution in [2.45, 2.75) is 33.7 Å². The molecular formula is C21H25N3O6. The third-order valence-electron chi connectivity index (χ3n) is 5.33. The van der Waals surface area contributed by atoms with Gasteiger partial charge in [0.1, 0.15) is 5.69 Å². The summed E-state index contributed by atoms with van der Waals surface area (Å²) in [6.45, 7) is 7.04. The molecule has 0 bridgehead atoms. The Morgan fingerprint density at radius 1 is 1.20 bits per heavy atom. The average Bonchev–Trinajstić information content (AvgIpc) is 2.95. The van der Waals surface area contributed by atoms with Gasteiger partial charge in [0.25, 0.3) is 11.6 Å². The molecule has 0 spiro atoms. The summed E-state index contributed by atoms with van der Waals surface area (Å²) in [6, 6.07) is 4.44. The van der Waals surface area contributed by atoms with E-state index in [0.717, 1.165) is 0 Å². The first-order valence-corrected chi connectivity index (χ1v) is 9.40. The Morgan fingerprint density at radius 3 is 2.23 bits per heavy atom. The highest BCUT2D eigenvalue weighted by Gasteiger charge is 2.32. The topological polar surface area (TPSA) is 112 Å². The zero-order valence-electron chi connectivity index (χ0n) is 17.9. The number of esters is 1. The molecule has 160 valence electrons. The third kappa shape index (κ3) is 3.96. The van der Waals surface area contributed by atoms with Crippen LogP contribution in [0, 0.1) is 24.0 Å². The molecule has 0 N–H and O–H groups in total. The number of ether oxygens (including phenoxy) is 1. The molecule has 0 radical (unpaired) electrons. The Balaban J connectivity index is 2.39. The van der Waals surface area contributed by atoms with E-state index in [9.17, 15) is 24.5 Å². The lowest BCUT2D eigenvalue weighted by molar-refractivity contribution is -0.384. The zero-order valence-corrected chi connectivity index (χ0v) is 17.9. The van der Waals surface area contributed by atoms with Crippen LogP contribution in [0.4, 0.5) is 5.69 Å². The molecule has 0 saturated heterocycles. The van der Waals surface area contributed by atoms with Crippen molar-refractivity contribution in [2.75, 3.05) is 13.7 Å². The zero-order chi connectivity index (χ0) is 22.7. The monoisotopic (exact) mass is 415 g/mol. The molecule has 0 unspecified atom stereocenters. The van der Waals surface area contributed by atoms with Crippen molar-refractivity contribution in [1.82, 2.24) is 9.47 Å². The predicted molar refractivity (Wildman–Crippen MR) is 110 cm³/mol. The second kappa shape index (κ2) is 8.89. The number of likely N-dealkylation sites (N-methyl/N-ethyl adjacent to an activating group) is 1. The summed E-state index contributed by atoms with van der Waals surface area (Å²) < 4.78 is 6.42. The van der Waals surface area contributed by atoms with Crippen LogP contribution in [0.5, 0.6) is 0 Å². The van der Waals surface area contributed by atoms with Crippen molar-refractivity contribution in [2.24, 2.45) is 7.05 Å². The summed E-state index contributed by atoms with van der Waals surface area (Å²) in [5.41, 5.74) is 1.89. The maximum absolute atomic E-state index is 13.3. The van der Waals surface area contributed by atoms with E-state index in [4.69, 9.17) is 4.74 Å². The number of carbonyl (C=O) groups excluding carboxylic acids is 3. The summed E-state index contributed by atoms with van der Waals surface area (Å²) in [5, 5.41) is 10.8. The number of nitro benzene ring substituents is 1. The summed E-state index contributed by atoms with van der Waals surface area (Å²) in [5.74, 6) is -1.25. The minimum Gasteiger partial charge on any atom is -0.464 e. The second-order valence-electron chi connectivity index (χ2n) is 6.92. The molecule has 0 aliphatic carbocycles. The summed E-state index contributed by atoms with van der Waals surface area (Å²) in [4.78, 5) is 50.0. The molecule has 2 rings (SSSR count). The van der Waals surface area contributed by atoms with E-state index in [1.165, 1.54) is 36.3 Å². The van der Waals surface area contributed by atoms with Gasteiger partial charge in [0.05, 0.1) is 18.1 Å². The van der Waals surface area contributed by atoms with E-state index in [2.05, 4.69) is 0 Å². The lowest BCUT2D eigenvalue weighted by Gasteiger charge is -2.27. The lowest BCUT2D eigenvalue weighted by Crippen LogP contribution is -2.43. The van der Waals surface area contributed by atoms with Crippen molar-refractivity contribution in [3.05, 3.63) is 62.5 Å². The van der Waals surface area contributed by atoms with Crippen LogP contribution in [0.1, 0.15) is 56.3 Å². The summed E-state index contributed by atoms with van der Waals surface area (Å²) >= 11 is 0. The van der Waals surface area contributed by atoms with Crippen LogP contribution in [-0.4, -0.2) is 51.7 Å². The molecule has 30 heavy (non-hydrogen) atoms. The van der Waals surface area contributed by atoms with Gasteiger partial charge in [-0.25, -0.2) is 4.79 Å². The number of ketones is 1. The van der Waals surface area contributed by atoms with Gasteiger partial charge in [0.15, 0.2) is 5.78 Å². The maximum Gasteiger partial charge on any atom is 0.354 e. The highest BCUT2D eigenvalue weighted by atomic mass is 16.6. The van der Waals surface area contributed by atoms with E-state index in [-0.39, 0.29) is 29.3 Å². The van der Waals surface area contributed by atoms with Crippen LogP contribution >= 0.6 is 0 Å². The van der Waals surface area contributed by atoms with Crippen LogP contribution in [0.15, 0.2) is 24.3 Å². The Kier molecular flexibility index (Phi) is 6.76. The first-order chi connectivity index (χ1) is 14.1. The number of nitro groups is 1. The van der Waals surface area contributed by atoms with Gasteiger partial charge in [0.2, 0.25) is 0 Å². The van der Waals surface area contributed by atoms with Crippen LogP contribution in [0.3, 0.4) is 0 Å². The Bertz CT molecular complexity index is 1010. The molecule has 1 atom stereocenters. The standard InChI is InChI=1S/C21H25N3O6/c1-7-23(20(26)15-8-10-16(11-9-15)24(28)29)14(4)19(25)17-12(2)18(21(27)30-6)22(5)13(17)3/h8-11,14H,7H2,1-6H3/t14-/m1/s1. The SMILES string of the molecule is CCN(C(=O)c1ccc([N+](=O)[O-])cc1)[C@H](C)C(=O)c1c(C)c(C(=O)OC)n(C)c1C. The van der Waals surface area contributed by atoms with Crippen molar-refractivity contribution < 1.29 is 24.0 Å². The lowest BCUT2D eigenvalue weighted by atomic mass is 9.99. The van der Waals surface area contributed by atoms with E-state index >= 15 is 0 Å². The molecular weight excluding hydrogens is 390 g/mol. The summed E-state index contributed by atoms with van der Waals surface area (Å²) in [6.07, 6.45) is 0. The maximum atomic E-state index is 13.3. The largest absolute Gasteiger partial charge is 0.464 e. The number of Topliss-reactive ketones (excluding diaryl/α,β-unsaturated/α-hetero) is 1. The fourth-order valence-corrected chi connectivity index (χ4v) is 3.56. The number of amides is 1. The van der Waals surface area contributed by atoms with Gasteiger partial charge < -0.3 is 14.2 Å². The fourth-order valence-electron chi connectivity index (χ4n) is 3.56. The van der Waals surface area contributed by atoms with Crippen LogP contribution in [0.25, 0.3) is 0 Å². The average molecular weight is 415 g/mol. The number of methoxy groups -OCH3 is 1. The van der Waals surface area contributed by atoms with Gasteiger partial charge in [-0.2, -0.15) is 0 Å². The van der Waals surface area contributed by atoms with Crippen molar-refractivity contribution in [1.29, 1.82) is 0 Å². The summed E-state index contributed by atoms with van der Waals surface area (Å²) in [7, 11) is 2.95. The Labute approximate surface area is 174 Å². The van der Waals surface area contributed by atoms with Crippen molar-refractivity contribution in [3.8, 4) is 0 Å². The third-order valence-corrected chi connectivity index (χ3v) is 5.33. The van der Waals surface area contributed by atoms with Crippen molar-refractivity contribution >= 4 is 23.3 Å². The van der Waals surface area contributed by atoms with Gasteiger partial charge >= 0.3 is 5.97 Å². The van der Waals surface area contributed by atoms with Crippen molar-refractivity contribution in [3.63, 3.8) is 0 Å². The minimum absolute atomic E-state index is 0.121. The van der Waals surface area contributed by atoms with Crippen LogP contribution in [-0.2, 0) is 11.8 Å². The minimum atomic E-state index is -0.803. The predicted octanol–water partition coefficient (Wildman–Crippen LogP) is 3.07. The number of carbonyl (C=O) groups is 3. The molecule has 0 fully saturated rings. The second-order valence-corrected chi connectivity index (χ2v) is 6.92. The fraction of sp³-hybridized carbons (Fsp3) is 0.381. The van der Waals surface area contributed by atoms with E-state index in [0.29, 0.717) is 16.8 Å². The molecule has 0 saturated carbocycles. The molecule has 2 aromatic rings. The Hall–Kier alpha value is -3.49. The van der Waals surface area contributed by atoms with Gasteiger partial charge in [-0.3, -0.25) is 19.7 Å². The van der Waals surface area contributed by atoms with Gasteiger partial charge in [0, 0.05) is 42.5 Å². The van der Waals surface area contributed by atoms with Crippen LogP contribution in [0.2, 0.25) is 0 Å². The molecule has 0 aliphatic rings. The normalized spacial score (nSPS) is 11.7. The molecule has 1 amide bonds. The van der Waals surface area contributed by atoms with E-state index in [1.54, 1.807) is 39.3 Å². The number of non-ortho nitro benzene ring substituents is 1.